The molecule has 96 valence electrons. The first-order chi connectivity index (χ1) is 9.10. The molecule has 0 bridgehead atoms. The van der Waals surface area contributed by atoms with Crippen LogP contribution in [0.1, 0.15) is 17.2 Å². The van der Waals surface area contributed by atoms with Gasteiger partial charge in [0, 0.05) is 11.8 Å². The highest BCUT2D eigenvalue weighted by atomic mass is 16.6. The van der Waals surface area contributed by atoms with Crippen LogP contribution in [0.25, 0.3) is 0 Å². The Balaban J connectivity index is 2.14. The topological polar surface area (TPSA) is 105 Å². The van der Waals surface area contributed by atoms with Crippen molar-refractivity contribution in [3.8, 4) is 6.07 Å². The molecule has 1 aromatic carbocycles. The van der Waals surface area contributed by atoms with Gasteiger partial charge < -0.3 is 9.73 Å². The van der Waals surface area contributed by atoms with Gasteiger partial charge in [-0.15, -0.1) is 0 Å². The molecule has 0 saturated heterocycles. The molecule has 2 aromatic rings. The molecule has 7 heteroatoms. The maximum absolute atomic E-state index is 10.7. The maximum Gasteiger partial charge on any atom is 0.287 e. The lowest BCUT2D eigenvalue weighted by molar-refractivity contribution is -0.385. The summed E-state index contributed by atoms with van der Waals surface area (Å²) in [5, 5.41) is 22.5. The van der Waals surface area contributed by atoms with E-state index < -0.39 is 4.92 Å². The fraction of sp³-hybridized carbons (Fsp3) is 0.167. The summed E-state index contributed by atoms with van der Waals surface area (Å²) in [4.78, 5) is 14.1. The standard InChI is InChI=1S/C12H10N4O3/c1-8-6-15-12(19-8)7-14-10-2-3-11(16(17)18)9(4-10)5-13/h2-4,6,14H,7H2,1H3. The van der Waals surface area contributed by atoms with Crippen molar-refractivity contribution < 1.29 is 9.34 Å². The molecule has 0 saturated carbocycles. The maximum atomic E-state index is 10.7. The van der Waals surface area contributed by atoms with Gasteiger partial charge in [0.25, 0.3) is 5.69 Å². The summed E-state index contributed by atoms with van der Waals surface area (Å²) in [5.41, 5.74) is 0.400. The van der Waals surface area contributed by atoms with Crippen LogP contribution < -0.4 is 5.32 Å². The zero-order valence-corrected chi connectivity index (χ0v) is 10.1. The molecule has 0 radical (unpaired) electrons. The molecule has 2 rings (SSSR count). The van der Waals surface area contributed by atoms with E-state index in [0.29, 0.717) is 23.9 Å². The van der Waals surface area contributed by atoms with Crippen molar-refractivity contribution >= 4 is 11.4 Å². The van der Waals surface area contributed by atoms with Crippen LogP contribution >= 0.6 is 0 Å². The first-order valence-electron chi connectivity index (χ1n) is 5.44. The zero-order valence-electron chi connectivity index (χ0n) is 10.1. The second-order valence-electron chi connectivity index (χ2n) is 3.82. The van der Waals surface area contributed by atoms with E-state index in [0.717, 1.165) is 0 Å². The van der Waals surface area contributed by atoms with Crippen molar-refractivity contribution in [3.63, 3.8) is 0 Å². The minimum atomic E-state index is -0.584. The van der Waals surface area contributed by atoms with Gasteiger partial charge in [-0.2, -0.15) is 5.26 Å². The molecule has 0 aliphatic rings. The monoisotopic (exact) mass is 258 g/mol. The Morgan fingerprint density at radius 1 is 1.58 bits per heavy atom. The first-order valence-corrected chi connectivity index (χ1v) is 5.44. The van der Waals surface area contributed by atoms with Gasteiger partial charge in [-0.1, -0.05) is 0 Å². The number of nitrogens with one attached hydrogen (secondary N) is 1. The Kier molecular flexibility index (Phi) is 3.43. The summed E-state index contributed by atoms with van der Waals surface area (Å²) in [5.74, 6) is 1.22. The number of nitrogens with zero attached hydrogens (tertiary/aromatic N) is 3. The van der Waals surface area contributed by atoms with Crippen molar-refractivity contribution in [2.75, 3.05) is 5.32 Å². The lowest BCUT2D eigenvalue weighted by Crippen LogP contribution is -2.01. The summed E-state index contributed by atoms with van der Waals surface area (Å²) in [6.45, 7) is 2.13. The molecule has 0 fully saturated rings. The molecule has 0 aliphatic heterocycles. The van der Waals surface area contributed by atoms with E-state index in [9.17, 15) is 10.1 Å². The minimum Gasteiger partial charge on any atom is -0.444 e. The molecule has 0 unspecified atom stereocenters. The molecule has 0 amide bonds. The number of benzene rings is 1. The Bertz CT molecular complexity index is 657. The van der Waals surface area contributed by atoms with Crippen LogP contribution in [0.2, 0.25) is 0 Å². The van der Waals surface area contributed by atoms with Crippen molar-refractivity contribution in [1.82, 2.24) is 4.98 Å². The molecular formula is C12H10N4O3. The Labute approximate surface area is 108 Å². The fourth-order valence-corrected chi connectivity index (χ4v) is 1.56. The number of nitro benzene ring substituents is 1. The lowest BCUT2D eigenvalue weighted by Gasteiger charge is -2.04. The molecule has 0 atom stereocenters. The number of hydrogen-bond donors (Lipinski definition) is 1. The van der Waals surface area contributed by atoms with Crippen molar-refractivity contribution in [1.29, 1.82) is 5.26 Å². The summed E-state index contributed by atoms with van der Waals surface area (Å²) in [6.07, 6.45) is 1.60. The molecule has 1 N–H and O–H groups in total. The summed E-state index contributed by atoms with van der Waals surface area (Å²) in [7, 11) is 0. The first kappa shape index (κ1) is 12.6. The van der Waals surface area contributed by atoms with E-state index >= 15 is 0 Å². The third-order valence-corrected chi connectivity index (χ3v) is 2.43. The minimum absolute atomic E-state index is 0.0126. The van der Waals surface area contributed by atoms with Crippen LogP contribution in [0.4, 0.5) is 11.4 Å². The van der Waals surface area contributed by atoms with Gasteiger partial charge in [-0.05, 0) is 19.1 Å². The molecule has 1 aromatic heterocycles. The van der Waals surface area contributed by atoms with E-state index in [4.69, 9.17) is 9.68 Å². The van der Waals surface area contributed by atoms with Gasteiger partial charge in [0.15, 0.2) is 0 Å². The predicted octanol–water partition coefficient (Wildman–Crippen LogP) is 2.38. The molecule has 19 heavy (non-hydrogen) atoms. The smallest absolute Gasteiger partial charge is 0.287 e. The SMILES string of the molecule is Cc1cnc(CNc2ccc([N+](=O)[O-])c(C#N)c2)o1. The molecular weight excluding hydrogens is 248 g/mol. The van der Waals surface area contributed by atoms with E-state index in [1.165, 1.54) is 18.2 Å². The highest BCUT2D eigenvalue weighted by Gasteiger charge is 2.13. The van der Waals surface area contributed by atoms with Gasteiger partial charge in [0.1, 0.15) is 17.4 Å². The third kappa shape index (κ3) is 2.87. The van der Waals surface area contributed by atoms with Gasteiger partial charge in [-0.25, -0.2) is 4.98 Å². The quantitative estimate of drug-likeness (QED) is 0.666. The number of hydrogen-bond acceptors (Lipinski definition) is 6. The number of nitro groups is 1. The molecule has 7 nitrogen and oxygen atoms in total. The molecule has 0 aliphatic carbocycles. The average Bonchev–Trinajstić information content (AvgIpc) is 2.81. The zero-order chi connectivity index (χ0) is 13.8. The summed E-state index contributed by atoms with van der Waals surface area (Å²) < 4.78 is 5.28. The lowest BCUT2D eigenvalue weighted by atomic mass is 10.2. The van der Waals surface area contributed by atoms with Gasteiger partial charge >= 0.3 is 0 Å². The molecule has 1 heterocycles. The predicted molar refractivity (Wildman–Crippen MR) is 66.4 cm³/mol. The number of aryl methyl sites for hydroxylation is 1. The second kappa shape index (κ2) is 5.18. The van der Waals surface area contributed by atoms with E-state index in [1.54, 1.807) is 19.2 Å². The van der Waals surface area contributed by atoms with E-state index in [1.807, 2.05) is 0 Å². The van der Waals surface area contributed by atoms with Gasteiger partial charge in [0.2, 0.25) is 5.89 Å². The number of oxazole rings is 1. The normalized spacial score (nSPS) is 9.89. The van der Waals surface area contributed by atoms with E-state index in [2.05, 4.69) is 10.3 Å². The highest BCUT2D eigenvalue weighted by molar-refractivity contribution is 5.58. The third-order valence-electron chi connectivity index (χ3n) is 2.43. The average molecular weight is 258 g/mol. The van der Waals surface area contributed by atoms with Crippen molar-refractivity contribution in [3.05, 3.63) is 51.7 Å². The Morgan fingerprint density at radius 2 is 2.37 bits per heavy atom. The van der Waals surface area contributed by atoms with Gasteiger partial charge in [-0.3, -0.25) is 10.1 Å². The number of anilines is 1. The van der Waals surface area contributed by atoms with Crippen LogP contribution in [0.5, 0.6) is 0 Å². The second-order valence-corrected chi connectivity index (χ2v) is 3.82. The van der Waals surface area contributed by atoms with E-state index in [-0.39, 0.29) is 11.3 Å². The highest BCUT2D eigenvalue weighted by Crippen LogP contribution is 2.22. The number of rotatable bonds is 4. The summed E-state index contributed by atoms with van der Waals surface area (Å²) in [6, 6.07) is 6.05. The number of aromatic nitrogens is 1. The Morgan fingerprint density at radius 3 is 2.95 bits per heavy atom. The fourth-order valence-electron chi connectivity index (χ4n) is 1.56. The van der Waals surface area contributed by atoms with Crippen LogP contribution in [0, 0.1) is 28.4 Å². The van der Waals surface area contributed by atoms with Crippen LogP contribution in [-0.2, 0) is 6.54 Å². The van der Waals surface area contributed by atoms with Crippen molar-refractivity contribution in [2.45, 2.75) is 13.5 Å². The van der Waals surface area contributed by atoms with Crippen LogP contribution in [0.3, 0.4) is 0 Å². The summed E-state index contributed by atoms with van der Waals surface area (Å²) >= 11 is 0. The van der Waals surface area contributed by atoms with Crippen LogP contribution in [-0.4, -0.2) is 9.91 Å². The van der Waals surface area contributed by atoms with Crippen molar-refractivity contribution in [2.24, 2.45) is 0 Å². The molecule has 0 spiro atoms. The number of nitriles is 1. The van der Waals surface area contributed by atoms with Crippen LogP contribution in [0.15, 0.2) is 28.8 Å². The van der Waals surface area contributed by atoms with Gasteiger partial charge in [0.05, 0.1) is 17.7 Å². The Hall–Kier alpha value is -2.88. The largest absolute Gasteiger partial charge is 0.444 e.